The Hall–Kier alpha value is -3.56. The topological polar surface area (TPSA) is 145 Å². The summed E-state index contributed by atoms with van der Waals surface area (Å²) in [5.41, 5.74) is -1.17. The number of nitrogens with one attached hydrogen (secondary N) is 2. The number of hydrogen-bond donors (Lipinski definition) is 4. The number of unbranched alkanes of at least 4 members (excludes halogenated alkanes) is 1. The van der Waals surface area contributed by atoms with Gasteiger partial charge in [0.05, 0.1) is 5.70 Å². The van der Waals surface area contributed by atoms with Gasteiger partial charge in [0.1, 0.15) is 23.2 Å². The van der Waals surface area contributed by atoms with E-state index in [1.807, 2.05) is 13.0 Å². The van der Waals surface area contributed by atoms with Crippen LogP contribution in [0.2, 0.25) is 0 Å². The second-order valence-corrected chi connectivity index (χ2v) is 9.55. The van der Waals surface area contributed by atoms with Gasteiger partial charge in [0, 0.05) is 24.5 Å². The molecule has 0 spiro atoms. The molecule has 2 amide bonds. The molecule has 2 aliphatic carbocycles. The molecular formula is C28H34N2O7. The molecule has 1 fully saturated rings. The first kappa shape index (κ1) is 28.0. The van der Waals surface area contributed by atoms with Crippen LogP contribution in [-0.2, 0) is 23.9 Å². The summed E-state index contributed by atoms with van der Waals surface area (Å²) < 4.78 is 5.37. The molecule has 198 valence electrons. The minimum atomic E-state index is -1.59. The third kappa shape index (κ3) is 7.24. The van der Waals surface area contributed by atoms with E-state index in [1.165, 1.54) is 36.5 Å². The van der Waals surface area contributed by atoms with Crippen molar-refractivity contribution < 1.29 is 34.1 Å². The molecule has 3 aliphatic rings. The van der Waals surface area contributed by atoms with E-state index in [-0.39, 0.29) is 47.5 Å². The third-order valence-corrected chi connectivity index (χ3v) is 6.35. The number of aliphatic hydroxyl groups is 2. The summed E-state index contributed by atoms with van der Waals surface area (Å²) in [6.07, 6.45) is 13.8. The zero-order valence-corrected chi connectivity index (χ0v) is 21.3. The summed E-state index contributed by atoms with van der Waals surface area (Å²) in [4.78, 5) is 48.7. The fraction of sp³-hybridized carbons (Fsp3) is 0.429. The molecule has 0 aromatic carbocycles. The van der Waals surface area contributed by atoms with E-state index in [4.69, 9.17) is 4.74 Å². The molecule has 1 heterocycles. The van der Waals surface area contributed by atoms with Crippen molar-refractivity contribution in [2.75, 3.05) is 0 Å². The standard InChI is InChI=1S/C28H34N2O7/c1-4-5-10-17(2)15-18(3)27(35)29-19-16-28(36,26-25(37-26)24(19)34)14-9-7-6-8-11-22(33)30-23-20(31)12-13-21(23)32/h6-9,11,14-17,25-26,31,36H,4-5,10,12-13H2,1-3H3,(H,29,35)(H,30,33). The SMILES string of the molecule is CCCCC(C)C=C(C)C(=O)NC1=CC(O)(C=CC=CC=CC(=O)NC2=C(O)CCC2=O)C2OC2C1=O. The number of carbonyl (C=O) groups excluding carboxylic acids is 4. The van der Waals surface area contributed by atoms with Crippen LogP contribution in [0.4, 0.5) is 0 Å². The molecule has 0 bridgehead atoms. The van der Waals surface area contributed by atoms with Crippen molar-refractivity contribution in [1.29, 1.82) is 0 Å². The number of rotatable bonds is 11. The van der Waals surface area contributed by atoms with E-state index in [9.17, 15) is 29.4 Å². The average molecular weight is 511 g/mol. The lowest BCUT2D eigenvalue weighted by Gasteiger charge is -2.23. The summed E-state index contributed by atoms with van der Waals surface area (Å²) in [6, 6.07) is 0. The highest BCUT2D eigenvalue weighted by Crippen LogP contribution is 2.40. The van der Waals surface area contributed by atoms with Gasteiger partial charge in [0.15, 0.2) is 11.9 Å². The van der Waals surface area contributed by atoms with Crippen LogP contribution < -0.4 is 10.6 Å². The largest absolute Gasteiger partial charge is 0.510 e. The molecule has 0 radical (unpaired) electrons. The molecule has 37 heavy (non-hydrogen) atoms. The van der Waals surface area contributed by atoms with Crippen molar-refractivity contribution in [3.63, 3.8) is 0 Å². The fourth-order valence-electron chi connectivity index (χ4n) is 4.21. The minimum absolute atomic E-state index is 0.00979. The predicted molar refractivity (Wildman–Crippen MR) is 137 cm³/mol. The van der Waals surface area contributed by atoms with Crippen molar-refractivity contribution in [3.05, 3.63) is 71.3 Å². The molecule has 4 N–H and O–H groups in total. The molecule has 0 saturated carbocycles. The number of ketones is 2. The minimum Gasteiger partial charge on any atom is -0.510 e. The van der Waals surface area contributed by atoms with Crippen LogP contribution in [-0.4, -0.2) is 51.4 Å². The number of Topliss-reactive ketones (excluding diaryl/α,β-unsaturated/α-hetero) is 2. The summed E-state index contributed by atoms with van der Waals surface area (Å²) in [5.74, 6) is -1.54. The van der Waals surface area contributed by atoms with Crippen LogP contribution in [0.3, 0.4) is 0 Å². The highest BCUT2D eigenvalue weighted by molar-refractivity contribution is 6.07. The van der Waals surface area contributed by atoms with Gasteiger partial charge in [-0.3, -0.25) is 19.2 Å². The Morgan fingerprint density at radius 2 is 1.92 bits per heavy atom. The number of amides is 2. The van der Waals surface area contributed by atoms with E-state index >= 15 is 0 Å². The zero-order chi connectivity index (χ0) is 27.2. The van der Waals surface area contributed by atoms with Crippen LogP contribution in [0.15, 0.2) is 71.3 Å². The van der Waals surface area contributed by atoms with Gasteiger partial charge in [0.2, 0.25) is 11.7 Å². The van der Waals surface area contributed by atoms with Crippen molar-refractivity contribution in [3.8, 4) is 0 Å². The Morgan fingerprint density at radius 1 is 1.19 bits per heavy atom. The van der Waals surface area contributed by atoms with E-state index in [0.717, 1.165) is 19.3 Å². The summed E-state index contributed by atoms with van der Waals surface area (Å²) in [6.45, 7) is 5.84. The van der Waals surface area contributed by atoms with E-state index in [2.05, 4.69) is 17.6 Å². The van der Waals surface area contributed by atoms with Crippen LogP contribution in [0.1, 0.15) is 52.9 Å². The molecular weight excluding hydrogens is 476 g/mol. The number of epoxide rings is 1. The Balaban J connectivity index is 1.59. The highest BCUT2D eigenvalue weighted by Gasteiger charge is 2.59. The first-order valence-electron chi connectivity index (χ1n) is 12.5. The number of ether oxygens (including phenoxy) is 1. The van der Waals surface area contributed by atoms with Gasteiger partial charge in [-0.25, -0.2) is 0 Å². The first-order chi connectivity index (χ1) is 17.6. The maximum absolute atomic E-state index is 12.6. The molecule has 3 rings (SSSR count). The molecule has 1 aliphatic heterocycles. The molecule has 9 heteroatoms. The third-order valence-electron chi connectivity index (χ3n) is 6.35. The van der Waals surface area contributed by atoms with Crippen LogP contribution in [0.25, 0.3) is 0 Å². The normalized spacial score (nSPS) is 26.7. The van der Waals surface area contributed by atoms with Gasteiger partial charge in [-0.15, -0.1) is 0 Å². The lowest BCUT2D eigenvalue weighted by molar-refractivity contribution is -0.121. The number of allylic oxidation sites excluding steroid dienone is 7. The zero-order valence-electron chi connectivity index (χ0n) is 21.3. The van der Waals surface area contributed by atoms with E-state index in [0.29, 0.717) is 5.57 Å². The Morgan fingerprint density at radius 3 is 2.59 bits per heavy atom. The van der Waals surface area contributed by atoms with Crippen LogP contribution in [0, 0.1) is 5.92 Å². The first-order valence-corrected chi connectivity index (χ1v) is 12.5. The highest BCUT2D eigenvalue weighted by atomic mass is 16.6. The smallest absolute Gasteiger partial charge is 0.251 e. The molecule has 0 aromatic heterocycles. The fourth-order valence-corrected chi connectivity index (χ4v) is 4.21. The second-order valence-electron chi connectivity index (χ2n) is 9.55. The van der Waals surface area contributed by atoms with E-state index < -0.39 is 29.6 Å². The number of carbonyl (C=O) groups is 4. The quantitative estimate of drug-likeness (QED) is 0.190. The number of aliphatic hydroxyl groups excluding tert-OH is 1. The molecule has 4 atom stereocenters. The lowest BCUT2D eigenvalue weighted by atomic mass is 9.88. The maximum Gasteiger partial charge on any atom is 0.251 e. The summed E-state index contributed by atoms with van der Waals surface area (Å²) in [7, 11) is 0. The van der Waals surface area contributed by atoms with Crippen molar-refractivity contribution in [2.24, 2.45) is 5.92 Å². The van der Waals surface area contributed by atoms with Gasteiger partial charge in [0.25, 0.3) is 5.91 Å². The van der Waals surface area contributed by atoms with Crippen molar-refractivity contribution in [1.82, 2.24) is 10.6 Å². The Kier molecular flexibility index (Phi) is 9.18. The van der Waals surface area contributed by atoms with Crippen LogP contribution >= 0.6 is 0 Å². The average Bonchev–Trinajstić information content (AvgIpc) is 3.61. The van der Waals surface area contributed by atoms with Gasteiger partial charge in [-0.1, -0.05) is 57.1 Å². The molecule has 0 aromatic rings. The van der Waals surface area contributed by atoms with E-state index in [1.54, 1.807) is 13.0 Å². The molecule has 1 saturated heterocycles. The van der Waals surface area contributed by atoms with Gasteiger partial charge in [-0.2, -0.15) is 0 Å². The lowest BCUT2D eigenvalue weighted by Crippen LogP contribution is -2.42. The maximum atomic E-state index is 12.6. The van der Waals surface area contributed by atoms with Gasteiger partial charge in [-0.05, 0) is 31.4 Å². The summed E-state index contributed by atoms with van der Waals surface area (Å²) >= 11 is 0. The van der Waals surface area contributed by atoms with Crippen molar-refractivity contribution in [2.45, 2.75) is 70.7 Å². The van der Waals surface area contributed by atoms with Gasteiger partial charge < -0.3 is 25.6 Å². The van der Waals surface area contributed by atoms with Crippen molar-refractivity contribution >= 4 is 23.4 Å². The predicted octanol–water partition coefficient (Wildman–Crippen LogP) is 2.76. The molecule has 9 nitrogen and oxygen atoms in total. The van der Waals surface area contributed by atoms with Crippen LogP contribution in [0.5, 0.6) is 0 Å². The Labute approximate surface area is 216 Å². The van der Waals surface area contributed by atoms with Gasteiger partial charge >= 0.3 is 0 Å². The number of fused-ring (bicyclic) bond motifs is 1. The monoisotopic (exact) mass is 510 g/mol. The second kappa shape index (κ2) is 12.1. The molecule has 4 unspecified atom stereocenters. The summed E-state index contributed by atoms with van der Waals surface area (Å²) in [5, 5.41) is 25.6. The Bertz CT molecular complexity index is 1140. The number of hydrogen-bond acceptors (Lipinski definition) is 7.